The van der Waals surface area contributed by atoms with Gasteiger partial charge in [-0.15, -0.1) is 0 Å². The average molecular weight is 412 g/mol. The van der Waals surface area contributed by atoms with E-state index >= 15 is 0 Å². The Hall–Kier alpha value is -1.11. The lowest BCUT2D eigenvalue weighted by Crippen LogP contribution is -2.36. The molecule has 3 rings (SSSR count). The van der Waals surface area contributed by atoms with Crippen molar-refractivity contribution in [3.63, 3.8) is 0 Å². The van der Waals surface area contributed by atoms with Gasteiger partial charge in [-0.3, -0.25) is 4.90 Å². The highest BCUT2D eigenvalue weighted by Crippen LogP contribution is 2.26. The smallest absolute Gasteiger partial charge is 0.151 e. The third-order valence-corrected chi connectivity index (χ3v) is 6.66. The lowest BCUT2D eigenvalue weighted by molar-refractivity contribution is 0.189. The van der Waals surface area contributed by atoms with Crippen LogP contribution in [0.2, 0.25) is 0 Å². The summed E-state index contributed by atoms with van der Waals surface area (Å²) < 4.78 is 30.6. The molecular formula is C18H22BrNO3S. The van der Waals surface area contributed by atoms with Crippen LogP contribution in [0.3, 0.4) is 0 Å². The summed E-state index contributed by atoms with van der Waals surface area (Å²) in [6, 6.07) is 12.1. The molecule has 1 aliphatic heterocycles. The Balaban J connectivity index is 1.72. The van der Waals surface area contributed by atoms with Gasteiger partial charge < -0.3 is 4.42 Å². The molecule has 0 saturated carbocycles. The lowest BCUT2D eigenvalue weighted by Gasteiger charge is -2.26. The fraction of sp³-hybridized carbons (Fsp3) is 0.444. The zero-order valence-corrected chi connectivity index (χ0v) is 16.1. The first-order chi connectivity index (χ1) is 11.5. The highest BCUT2D eigenvalue weighted by molar-refractivity contribution is 9.10. The minimum atomic E-state index is -2.87. The van der Waals surface area contributed by atoms with E-state index in [1.807, 2.05) is 36.4 Å². The molecule has 1 unspecified atom stereocenters. The van der Waals surface area contributed by atoms with E-state index < -0.39 is 9.84 Å². The van der Waals surface area contributed by atoms with Gasteiger partial charge in [0.15, 0.2) is 9.84 Å². The van der Waals surface area contributed by atoms with Gasteiger partial charge in [0.1, 0.15) is 11.5 Å². The van der Waals surface area contributed by atoms with Crippen LogP contribution in [0, 0.1) is 0 Å². The van der Waals surface area contributed by atoms with Gasteiger partial charge in [0, 0.05) is 16.1 Å². The van der Waals surface area contributed by atoms with E-state index in [0.29, 0.717) is 12.3 Å². The summed E-state index contributed by atoms with van der Waals surface area (Å²) in [4.78, 5) is 2.24. The van der Waals surface area contributed by atoms with Gasteiger partial charge in [-0.2, -0.15) is 0 Å². The summed E-state index contributed by atoms with van der Waals surface area (Å²) in [5, 5.41) is 0. The van der Waals surface area contributed by atoms with Crippen molar-refractivity contribution in [1.82, 2.24) is 4.90 Å². The summed E-state index contributed by atoms with van der Waals surface area (Å²) in [6.45, 7) is 3.66. The van der Waals surface area contributed by atoms with Crippen LogP contribution in [-0.2, 0) is 16.4 Å². The molecule has 1 aromatic carbocycles. The van der Waals surface area contributed by atoms with Crippen molar-refractivity contribution >= 4 is 25.8 Å². The van der Waals surface area contributed by atoms with Gasteiger partial charge in [0.2, 0.25) is 0 Å². The summed E-state index contributed by atoms with van der Waals surface area (Å²) in [5.74, 6) is 2.30. The average Bonchev–Trinajstić information content (AvgIpc) is 3.14. The van der Waals surface area contributed by atoms with Crippen LogP contribution in [0.4, 0.5) is 0 Å². The van der Waals surface area contributed by atoms with Crippen molar-refractivity contribution in [2.75, 3.05) is 18.1 Å². The quantitative estimate of drug-likeness (QED) is 0.717. The molecule has 1 aliphatic rings. The Bertz CT molecular complexity index is 783. The zero-order valence-electron chi connectivity index (χ0n) is 13.7. The maximum atomic E-state index is 11.8. The normalized spacial score (nSPS) is 19.9. The number of rotatable bonds is 6. The Morgan fingerprint density at radius 3 is 2.58 bits per heavy atom. The fourth-order valence-electron chi connectivity index (χ4n) is 3.17. The predicted molar refractivity (Wildman–Crippen MR) is 99.6 cm³/mol. The van der Waals surface area contributed by atoms with Crippen molar-refractivity contribution in [2.45, 2.75) is 32.4 Å². The number of hydrogen-bond acceptors (Lipinski definition) is 4. The van der Waals surface area contributed by atoms with E-state index in [4.69, 9.17) is 4.42 Å². The molecule has 0 spiro atoms. The summed E-state index contributed by atoms with van der Waals surface area (Å²) >= 11 is 3.43. The molecule has 0 amide bonds. The topological polar surface area (TPSA) is 50.5 Å². The predicted octanol–water partition coefficient (Wildman–Crippen LogP) is 4.11. The number of hydrogen-bond donors (Lipinski definition) is 0. The van der Waals surface area contributed by atoms with Gasteiger partial charge in [0.05, 0.1) is 18.1 Å². The number of benzene rings is 1. The van der Waals surface area contributed by atoms with Crippen molar-refractivity contribution in [2.24, 2.45) is 0 Å². The molecule has 24 heavy (non-hydrogen) atoms. The number of halogens is 1. The number of furan rings is 1. The maximum absolute atomic E-state index is 11.8. The first kappa shape index (κ1) is 17.7. The Morgan fingerprint density at radius 1 is 1.21 bits per heavy atom. The molecule has 1 saturated heterocycles. The van der Waals surface area contributed by atoms with E-state index in [0.717, 1.165) is 40.9 Å². The molecule has 1 atom stereocenters. The Kier molecular flexibility index (Phi) is 5.47. The minimum Gasteiger partial charge on any atom is -0.460 e. The van der Waals surface area contributed by atoms with Crippen molar-refractivity contribution < 1.29 is 12.8 Å². The monoisotopic (exact) mass is 411 g/mol. The van der Waals surface area contributed by atoms with Crippen LogP contribution < -0.4 is 0 Å². The molecule has 0 radical (unpaired) electrons. The third-order valence-electron chi connectivity index (χ3n) is 4.38. The van der Waals surface area contributed by atoms with E-state index in [1.165, 1.54) is 0 Å². The third kappa shape index (κ3) is 4.29. The standard InChI is InChI=1S/C18H22BrNO3S/c1-2-10-20(16-9-11-24(21,22)13-16)12-17-7-8-18(23-17)14-3-5-15(19)6-4-14/h3-8,16H,2,9-13H2,1H3. The molecule has 0 N–H and O–H groups in total. The van der Waals surface area contributed by atoms with Crippen LogP contribution in [0.5, 0.6) is 0 Å². The molecular weight excluding hydrogens is 390 g/mol. The largest absolute Gasteiger partial charge is 0.460 e. The fourth-order valence-corrected chi connectivity index (χ4v) is 5.20. The second kappa shape index (κ2) is 7.42. The van der Waals surface area contributed by atoms with Crippen molar-refractivity contribution in [1.29, 1.82) is 0 Å². The molecule has 1 fully saturated rings. The SMILES string of the molecule is CCCN(Cc1ccc(-c2ccc(Br)cc2)o1)C1CCS(=O)(=O)C1. The van der Waals surface area contributed by atoms with E-state index in [1.54, 1.807) is 0 Å². The van der Waals surface area contributed by atoms with Crippen LogP contribution >= 0.6 is 15.9 Å². The first-order valence-corrected chi connectivity index (χ1v) is 10.9. The molecule has 2 aromatic rings. The second-order valence-corrected chi connectivity index (χ2v) is 9.44. The molecule has 2 heterocycles. The molecule has 4 nitrogen and oxygen atoms in total. The second-order valence-electron chi connectivity index (χ2n) is 6.30. The summed E-state index contributed by atoms with van der Waals surface area (Å²) in [6.07, 6.45) is 1.72. The van der Waals surface area contributed by atoms with Crippen LogP contribution in [0.25, 0.3) is 11.3 Å². The van der Waals surface area contributed by atoms with Crippen LogP contribution in [0.1, 0.15) is 25.5 Å². The van der Waals surface area contributed by atoms with Crippen molar-refractivity contribution in [3.8, 4) is 11.3 Å². The van der Waals surface area contributed by atoms with Crippen LogP contribution in [-0.4, -0.2) is 37.4 Å². The van der Waals surface area contributed by atoms with E-state index in [-0.39, 0.29) is 11.8 Å². The van der Waals surface area contributed by atoms with Gasteiger partial charge in [-0.25, -0.2) is 8.42 Å². The van der Waals surface area contributed by atoms with Crippen LogP contribution in [0.15, 0.2) is 45.3 Å². The number of nitrogens with zero attached hydrogens (tertiary/aromatic N) is 1. The molecule has 130 valence electrons. The highest BCUT2D eigenvalue weighted by Gasteiger charge is 2.32. The van der Waals surface area contributed by atoms with Crippen molar-refractivity contribution in [3.05, 3.63) is 46.6 Å². The highest BCUT2D eigenvalue weighted by atomic mass is 79.9. The first-order valence-electron chi connectivity index (χ1n) is 8.26. The molecule has 0 aliphatic carbocycles. The van der Waals surface area contributed by atoms with Gasteiger partial charge in [-0.1, -0.05) is 35.0 Å². The maximum Gasteiger partial charge on any atom is 0.151 e. The van der Waals surface area contributed by atoms with Gasteiger partial charge in [0.25, 0.3) is 0 Å². The Morgan fingerprint density at radius 2 is 1.96 bits per heavy atom. The molecule has 6 heteroatoms. The zero-order chi connectivity index (χ0) is 17.2. The Labute approximate surface area is 151 Å². The summed E-state index contributed by atoms with van der Waals surface area (Å²) in [7, 11) is -2.87. The van der Waals surface area contributed by atoms with E-state index in [9.17, 15) is 8.42 Å². The number of sulfone groups is 1. The lowest BCUT2D eigenvalue weighted by atomic mass is 10.2. The minimum absolute atomic E-state index is 0.108. The summed E-state index contributed by atoms with van der Waals surface area (Å²) in [5.41, 5.74) is 1.04. The van der Waals surface area contributed by atoms with Gasteiger partial charge in [-0.05, 0) is 43.7 Å². The van der Waals surface area contributed by atoms with E-state index in [2.05, 4.69) is 27.8 Å². The molecule has 0 bridgehead atoms. The van der Waals surface area contributed by atoms with Gasteiger partial charge >= 0.3 is 0 Å². The molecule has 1 aromatic heterocycles.